The molecule has 5 nitrogen and oxygen atoms in total. The molecular weight excluding hydrogens is 228 g/mol. The quantitative estimate of drug-likeness (QED) is 0.817. The Morgan fingerprint density at radius 1 is 1.31 bits per heavy atom. The van der Waals surface area contributed by atoms with Crippen molar-refractivity contribution in [2.24, 2.45) is 5.73 Å². The maximum absolute atomic E-state index is 12.0. The molecule has 0 atom stereocenters. The third-order valence-electron chi connectivity index (χ3n) is 2.01. The van der Waals surface area contributed by atoms with E-state index >= 15 is 0 Å². The summed E-state index contributed by atoms with van der Waals surface area (Å²) in [4.78, 5) is 11.3. The van der Waals surface area contributed by atoms with Crippen LogP contribution in [0.1, 0.15) is 6.92 Å². The first kappa shape index (κ1) is 12.7. The average molecular weight is 242 g/mol. The number of carbonyl (C=O) groups is 1. The van der Waals surface area contributed by atoms with Gasteiger partial charge in [-0.2, -0.15) is 0 Å². The monoisotopic (exact) mass is 242 g/mol. The van der Waals surface area contributed by atoms with Crippen LogP contribution in [-0.2, 0) is 14.8 Å². The van der Waals surface area contributed by atoms with Gasteiger partial charge in [-0.05, 0) is 12.1 Å². The van der Waals surface area contributed by atoms with Gasteiger partial charge in [0.2, 0.25) is 5.91 Å². The Bertz CT molecular complexity index is 456. The van der Waals surface area contributed by atoms with Crippen molar-refractivity contribution in [1.82, 2.24) is 4.31 Å². The van der Waals surface area contributed by atoms with Gasteiger partial charge in [0.15, 0.2) is 0 Å². The lowest BCUT2D eigenvalue weighted by atomic mass is 10.4. The van der Waals surface area contributed by atoms with Crippen LogP contribution in [0.3, 0.4) is 0 Å². The Hall–Kier alpha value is -1.40. The molecule has 0 spiro atoms. The Morgan fingerprint density at radius 3 is 2.31 bits per heavy atom. The zero-order chi connectivity index (χ0) is 12.2. The molecule has 0 heterocycles. The number of amides is 1. The van der Waals surface area contributed by atoms with E-state index in [-0.39, 0.29) is 18.0 Å². The molecule has 0 fully saturated rings. The van der Waals surface area contributed by atoms with E-state index in [1.807, 2.05) is 0 Å². The third-order valence-corrected chi connectivity index (χ3v) is 3.90. The molecular formula is C10H14N2O3S. The van der Waals surface area contributed by atoms with Gasteiger partial charge in [-0.15, -0.1) is 0 Å². The highest BCUT2D eigenvalue weighted by Gasteiger charge is 2.25. The Morgan fingerprint density at radius 2 is 1.88 bits per heavy atom. The molecule has 16 heavy (non-hydrogen) atoms. The van der Waals surface area contributed by atoms with E-state index < -0.39 is 15.9 Å². The summed E-state index contributed by atoms with van der Waals surface area (Å²) in [5.41, 5.74) is 5.28. The molecule has 88 valence electrons. The topological polar surface area (TPSA) is 80.5 Å². The molecule has 0 saturated heterocycles. The molecule has 1 aromatic rings. The summed E-state index contributed by atoms with van der Waals surface area (Å²) in [6.45, 7) is 1.30. The summed E-state index contributed by atoms with van der Waals surface area (Å²) >= 11 is 0. The van der Waals surface area contributed by atoms with E-state index in [2.05, 4.69) is 0 Å². The van der Waals surface area contributed by atoms with Crippen LogP contribution in [0, 0.1) is 0 Å². The van der Waals surface area contributed by atoms with E-state index in [0.29, 0.717) is 0 Å². The summed E-state index contributed by atoms with van der Waals surface area (Å²) in [7, 11) is -3.76. The number of nitrogens with zero attached hydrogens (tertiary/aromatic N) is 1. The van der Waals surface area contributed by atoms with E-state index in [4.69, 9.17) is 5.73 Å². The molecule has 6 heteroatoms. The van der Waals surface area contributed by atoms with Crippen molar-refractivity contribution in [1.29, 1.82) is 0 Å². The van der Waals surface area contributed by atoms with Gasteiger partial charge < -0.3 is 5.73 Å². The molecule has 1 rings (SSSR count). The van der Waals surface area contributed by atoms with Gasteiger partial charge in [0.25, 0.3) is 10.0 Å². The minimum atomic E-state index is -3.76. The van der Waals surface area contributed by atoms with Crippen LogP contribution >= 0.6 is 0 Å². The van der Waals surface area contributed by atoms with Crippen molar-refractivity contribution in [2.75, 3.05) is 13.1 Å². The number of rotatable bonds is 4. The highest BCUT2D eigenvalue weighted by molar-refractivity contribution is 7.89. The molecule has 0 aliphatic rings. The molecule has 0 radical (unpaired) electrons. The summed E-state index contributed by atoms with van der Waals surface area (Å²) in [6, 6.07) is 7.81. The lowest BCUT2D eigenvalue weighted by Gasteiger charge is -2.19. The van der Waals surface area contributed by atoms with Crippen molar-refractivity contribution < 1.29 is 13.2 Å². The van der Waals surface area contributed by atoms with Crippen LogP contribution in [0.4, 0.5) is 0 Å². The van der Waals surface area contributed by atoms with Crippen LogP contribution in [0.5, 0.6) is 0 Å². The molecule has 1 amide bonds. The van der Waals surface area contributed by atoms with Gasteiger partial charge in [0.05, 0.1) is 4.90 Å². The second kappa shape index (κ2) is 5.09. The molecule has 1 aromatic carbocycles. The normalized spacial score (nSPS) is 11.1. The van der Waals surface area contributed by atoms with Crippen molar-refractivity contribution in [3.8, 4) is 0 Å². The minimum absolute atomic E-state index is 0.00738. The first-order chi connectivity index (χ1) is 7.50. The van der Waals surface area contributed by atoms with Gasteiger partial charge in [-0.25, -0.2) is 12.7 Å². The van der Waals surface area contributed by atoms with E-state index in [1.54, 1.807) is 18.2 Å². The van der Waals surface area contributed by atoms with Crippen LogP contribution in [-0.4, -0.2) is 31.7 Å². The fourth-order valence-electron chi connectivity index (χ4n) is 1.28. The highest BCUT2D eigenvalue weighted by atomic mass is 32.2. The van der Waals surface area contributed by atoms with Crippen LogP contribution in [0.15, 0.2) is 35.2 Å². The fraction of sp³-hybridized carbons (Fsp3) is 0.300. The average Bonchev–Trinajstić information content (AvgIpc) is 2.26. The van der Waals surface area contributed by atoms with Gasteiger partial charge in [0, 0.05) is 20.0 Å². The van der Waals surface area contributed by atoms with Crippen molar-refractivity contribution in [2.45, 2.75) is 11.8 Å². The maximum Gasteiger partial charge on any atom is 0.266 e. The zero-order valence-corrected chi connectivity index (χ0v) is 9.78. The largest absolute Gasteiger partial charge is 0.329 e. The molecule has 0 aromatic heterocycles. The van der Waals surface area contributed by atoms with Crippen LogP contribution < -0.4 is 5.73 Å². The number of hydrogen-bond acceptors (Lipinski definition) is 4. The number of carbonyl (C=O) groups excluding carboxylic acids is 1. The number of benzene rings is 1. The van der Waals surface area contributed by atoms with Crippen LogP contribution in [0.25, 0.3) is 0 Å². The van der Waals surface area contributed by atoms with Gasteiger partial charge in [0.1, 0.15) is 0 Å². The van der Waals surface area contributed by atoms with E-state index in [9.17, 15) is 13.2 Å². The lowest BCUT2D eigenvalue weighted by Crippen LogP contribution is -2.38. The predicted octanol–water partition coefficient (Wildman–Crippen LogP) is 0.183. The second-order valence-corrected chi connectivity index (χ2v) is 5.06. The van der Waals surface area contributed by atoms with Gasteiger partial charge in [-0.1, -0.05) is 18.2 Å². The molecule has 0 saturated carbocycles. The maximum atomic E-state index is 12.0. The first-order valence-corrected chi connectivity index (χ1v) is 6.22. The fourth-order valence-corrected chi connectivity index (χ4v) is 2.72. The van der Waals surface area contributed by atoms with Crippen molar-refractivity contribution >= 4 is 15.9 Å². The lowest BCUT2D eigenvalue weighted by molar-refractivity contribution is -0.124. The standard InChI is InChI=1S/C10H14N2O3S/c1-9(13)12(8-7-11)16(14,15)10-5-3-2-4-6-10/h2-6H,7-8,11H2,1H3. The summed E-state index contributed by atoms with van der Waals surface area (Å²) < 4.78 is 24.8. The second-order valence-electron chi connectivity index (χ2n) is 3.20. The number of hydrogen-bond donors (Lipinski definition) is 1. The Labute approximate surface area is 94.9 Å². The molecule has 0 unspecified atom stereocenters. The van der Waals surface area contributed by atoms with Crippen molar-refractivity contribution in [3.63, 3.8) is 0 Å². The van der Waals surface area contributed by atoms with Crippen molar-refractivity contribution in [3.05, 3.63) is 30.3 Å². The van der Waals surface area contributed by atoms with Gasteiger partial charge >= 0.3 is 0 Å². The predicted molar refractivity (Wildman–Crippen MR) is 60.1 cm³/mol. The molecule has 0 aliphatic heterocycles. The van der Waals surface area contributed by atoms with E-state index in [1.165, 1.54) is 19.1 Å². The van der Waals surface area contributed by atoms with E-state index in [0.717, 1.165) is 4.31 Å². The minimum Gasteiger partial charge on any atom is -0.329 e. The summed E-state index contributed by atoms with van der Waals surface area (Å²) in [6.07, 6.45) is 0. The number of sulfonamides is 1. The smallest absolute Gasteiger partial charge is 0.266 e. The summed E-state index contributed by atoms with van der Waals surface area (Å²) in [5, 5.41) is 0. The Balaban J connectivity index is 3.14. The SMILES string of the molecule is CC(=O)N(CCN)S(=O)(=O)c1ccccc1. The first-order valence-electron chi connectivity index (χ1n) is 4.78. The Kier molecular flexibility index (Phi) is 4.03. The molecule has 0 aliphatic carbocycles. The van der Waals surface area contributed by atoms with Crippen LogP contribution in [0.2, 0.25) is 0 Å². The van der Waals surface area contributed by atoms with Gasteiger partial charge in [-0.3, -0.25) is 4.79 Å². The summed E-state index contributed by atoms with van der Waals surface area (Å²) in [5.74, 6) is -0.533. The third kappa shape index (κ3) is 2.59. The molecule has 0 bridgehead atoms. The zero-order valence-electron chi connectivity index (χ0n) is 8.96. The molecule has 2 N–H and O–H groups in total. The highest BCUT2D eigenvalue weighted by Crippen LogP contribution is 2.14. The number of nitrogens with two attached hydrogens (primary N) is 1.